The van der Waals surface area contributed by atoms with Crippen molar-refractivity contribution in [3.63, 3.8) is 0 Å². The van der Waals surface area contributed by atoms with Gasteiger partial charge in [0.25, 0.3) is 0 Å². The number of fused-ring (bicyclic) bond motifs is 1. The molecule has 114 valence electrons. The molecule has 1 aromatic heterocycles. The lowest BCUT2D eigenvalue weighted by atomic mass is 10.1. The van der Waals surface area contributed by atoms with Crippen molar-refractivity contribution in [2.45, 2.75) is 5.16 Å². The summed E-state index contributed by atoms with van der Waals surface area (Å²) in [4.78, 5) is 0. The minimum Gasteiger partial charge on any atom is -0.207 e. The summed E-state index contributed by atoms with van der Waals surface area (Å²) in [5, 5.41) is 14.4. The van der Waals surface area contributed by atoms with Crippen LogP contribution in [0.25, 0.3) is 11.4 Å². The molecule has 0 saturated heterocycles. The first-order chi connectivity index (χ1) is 11.2. The second kappa shape index (κ2) is 5.79. The van der Waals surface area contributed by atoms with Gasteiger partial charge in [-0.25, -0.2) is 4.39 Å². The number of thioether (sulfide) groups is 1. The van der Waals surface area contributed by atoms with E-state index in [4.69, 9.17) is 11.6 Å². The lowest BCUT2D eigenvalue weighted by Gasteiger charge is -2.14. The van der Waals surface area contributed by atoms with Gasteiger partial charge in [0.15, 0.2) is 5.82 Å². The molecule has 4 rings (SSSR count). The van der Waals surface area contributed by atoms with Gasteiger partial charge in [0.05, 0.1) is 5.71 Å². The van der Waals surface area contributed by atoms with Crippen LogP contribution in [0.2, 0.25) is 5.02 Å². The number of aromatic nitrogens is 3. The minimum atomic E-state index is -0.275. The molecule has 0 unspecified atom stereocenters. The number of halogens is 2. The molecule has 2 aromatic carbocycles. The van der Waals surface area contributed by atoms with Crippen LogP contribution in [0.1, 0.15) is 5.56 Å². The maximum Gasteiger partial charge on any atom is 0.212 e. The fourth-order valence-corrected chi connectivity index (χ4v) is 3.28. The molecular weight excluding hydrogens is 335 g/mol. The monoisotopic (exact) mass is 344 g/mol. The van der Waals surface area contributed by atoms with Crippen molar-refractivity contribution < 1.29 is 4.39 Å². The zero-order valence-electron chi connectivity index (χ0n) is 11.8. The van der Waals surface area contributed by atoms with E-state index in [1.54, 1.807) is 22.9 Å². The second-order valence-electron chi connectivity index (χ2n) is 4.97. The van der Waals surface area contributed by atoms with Crippen molar-refractivity contribution in [2.75, 3.05) is 5.75 Å². The zero-order chi connectivity index (χ0) is 15.8. The topological polar surface area (TPSA) is 43.1 Å². The molecule has 0 radical (unpaired) electrons. The third-order valence-corrected chi connectivity index (χ3v) is 4.61. The third-order valence-electron chi connectivity index (χ3n) is 3.43. The van der Waals surface area contributed by atoms with E-state index >= 15 is 0 Å². The molecule has 23 heavy (non-hydrogen) atoms. The normalized spacial score (nSPS) is 13.6. The van der Waals surface area contributed by atoms with Gasteiger partial charge in [-0.1, -0.05) is 35.5 Å². The first-order valence-electron chi connectivity index (χ1n) is 6.89. The van der Waals surface area contributed by atoms with E-state index in [0.717, 1.165) is 22.0 Å². The Labute approximate surface area is 141 Å². The van der Waals surface area contributed by atoms with Crippen molar-refractivity contribution in [2.24, 2.45) is 5.10 Å². The molecule has 2 heterocycles. The molecule has 0 N–H and O–H groups in total. The first kappa shape index (κ1) is 14.4. The summed E-state index contributed by atoms with van der Waals surface area (Å²) >= 11 is 7.45. The van der Waals surface area contributed by atoms with Gasteiger partial charge in [-0.15, -0.1) is 10.2 Å². The fraction of sp³-hybridized carbons (Fsp3) is 0.0625. The quantitative estimate of drug-likeness (QED) is 0.703. The number of hydrogen-bond acceptors (Lipinski definition) is 4. The molecule has 0 spiro atoms. The SMILES string of the molecule is Fc1cccc(C2=Nn3c(nnc3-c3ccc(Cl)cc3)SC2)c1. The Morgan fingerprint density at radius 2 is 1.87 bits per heavy atom. The summed E-state index contributed by atoms with van der Waals surface area (Å²) in [5.74, 6) is 0.989. The van der Waals surface area contributed by atoms with Gasteiger partial charge in [0, 0.05) is 21.9 Å². The van der Waals surface area contributed by atoms with Crippen LogP contribution in [0.4, 0.5) is 4.39 Å². The van der Waals surface area contributed by atoms with Crippen LogP contribution in [0.15, 0.2) is 58.8 Å². The molecule has 0 saturated carbocycles. The molecule has 1 aliphatic heterocycles. The Morgan fingerprint density at radius 3 is 2.65 bits per heavy atom. The molecule has 1 aliphatic rings. The number of rotatable bonds is 2. The van der Waals surface area contributed by atoms with Gasteiger partial charge in [-0.2, -0.15) is 9.78 Å². The van der Waals surface area contributed by atoms with Crippen molar-refractivity contribution in [1.82, 2.24) is 14.9 Å². The fourth-order valence-electron chi connectivity index (χ4n) is 2.32. The van der Waals surface area contributed by atoms with Crippen molar-refractivity contribution in [3.05, 3.63) is 64.9 Å². The zero-order valence-corrected chi connectivity index (χ0v) is 13.4. The smallest absolute Gasteiger partial charge is 0.207 e. The molecule has 0 fully saturated rings. The maximum absolute atomic E-state index is 13.4. The van der Waals surface area contributed by atoms with E-state index in [9.17, 15) is 4.39 Å². The summed E-state index contributed by atoms with van der Waals surface area (Å²) < 4.78 is 15.1. The van der Waals surface area contributed by atoms with Crippen LogP contribution in [0.5, 0.6) is 0 Å². The van der Waals surface area contributed by atoms with Crippen LogP contribution in [-0.2, 0) is 0 Å². The molecule has 0 aliphatic carbocycles. The van der Waals surface area contributed by atoms with Gasteiger partial charge < -0.3 is 0 Å². The molecule has 7 heteroatoms. The number of nitrogens with zero attached hydrogens (tertiary/aromatic N) is 4. The first-order valence-corrected chi connectivity index (χ1v) is 8.25. The molecule has 0 bridgehead atoms. The lowest BCUT2D eigenvalue weighted by Crippen LogP contribution is -2.14. The van der Waals surface area contributed by atoms with Crippen LogP contribution in [0.3, 0.4) is 0 Å². The molecule has 4 nitrogen and oxygen atoms in total. The van der Waals surface area contributed by atoms with Crippen LogP contribution >= 0.6 is 23.4 Å². The Morgan fingerprint density at radius 1 is 1.04 bits per heavy atom. The van der Waals surface area contributed by atoms with Gasteiger partial charge >= 0.3 is 0 Å². The second-order valence-corrected chi connectivity index (χ2v) is 6.35. The molecule has 0 atom stereocenters. The van der Waals surface area contributed by atoms with Crippen LogP contribution in [-0.4, -0.2) is 26.3 Å². The van der Waals surface area contributed by atoms with Crippen molar-refractivity contribution in [1.29, 1.82) is 0 Å². The van der Waals surface area contributed by atoms with Crippen LogP contribution in [0, 0.1) is 5.82 Å². The Kier molecular flexibility index (Phi) is 3.63. The van der Waals surface area contributed by atoms with Gasteiger partial charge in [-0.3, -0.25) is 0 Å². The highest BCUT2D eigenvalue weighted by Crippen LogP contribution is 2.29. The predicted octanol–water partition coefficient (Wildman–Crippen LogP) is 4.10. The van der Waals surface area contributed by atoms with E-state index in [1.807, 2.05) is 18.2 Å². The highest BCUT2D eigenvalue weighted by Gasteiger charge is 2.20. The standard InChI is InChI=1S/C16H10ClFN4S/c17-12-6-4-10(5-7-12)15-19-20-16-22(15)21-14(9-23-16)11-2-1-3-13(18)8-11/h1-8H,9H2. The average molecular weight is 345 g/mol. The highest BCUT2D eigenvalue weighted by molar-refractivity contribution is 7.99. The summed E-state index contributed by atoms with van der Waals surface area (Å²) in [7, 11) is 0. The van der Waals surface area contributed by atoms with Crippen molar-refractivity contribution in [3.8, 4) is 11.4 Å². The largest absolute Gasteiger partial charge is 0.212 e. The van der Waals surface area contributed by atoms with E-state index in [0.29, 0.717) is 16.6 Å². The van der Waals surface area contributed by atoms with E-state index in [2.05, 4.69) is 15.3 Å². The Bertz CT molecular complexity index is 905. The number of benzene rings is 2. The summed E-state index contributed by atoms with van der Waals surface area (Å²) in [5.41, 5.74) is 2.42. The molecular formula is C16H10ClFN4S. The molecule has 0 amide bonds. The maximum atomic E-state index is 13.4. The summed E-state index contributed by atoms with van der Waals surface area (Å²) in [6.45, 7) is 0. The van der Waals surface area contributed by atoms with Gasteiger partial charge in [0.2, 0.25) is 5.16 Å². The van der Waals surface area contributed by atoms with E-state index in [-0.39, 0.29) is 5.82 Å². The average Bonchev–Trinajstić information content (AvgIpc) is 2.99. The van der Waals surface area contributed by atoms with Crippen LogP contribution < -0.4 is 0 Å². The Balaban J connectivity index is 1.79. The van der Waals surface area contributed by atoms with Gasteiger partial charge in [-0.05, 0) is 36.4 Å². The summed E-state index contributed by atoms with van der Waals surface area (Å²) in [6, 6.07) is 13.8. The lowest BCUT2D eigenvalue weighted by molar-refractivity contribution is 0.627. The third kappa shape index (κ3) is 2.75. The summed E-state index contributed by atoms with van der Waals surface area (Å²) in [6.07, 6.45) is 0. The van der Waals surface area contributed by atoms with E-state index < -0.39 is 0 Å². The minimum absolute atomic E-state index is 0.275. The highest BCUT2D eigenvalue weighted by atomic mass is 35.5. The number of hydrogen-bond donors (Lipinski definition) is 0. The predicted molar refractivity (Wildman–Crippen MR) is 89.5 cm³/mol. The molecule has 3 aromatic rings. The van der Waals surface area contributed by atoms with Gasteiger partial charge in [0.1, 0.15) is 5.82 Å². The van der Waals surface area contributed by atoms with E-state index in [1.165, 1.54) is 23.9 Å². The Hall–Kier alpha value is -2.18. The van der Waals surface area contributed by atoms with Crippen molar-refractivity contribution >= 4 is 29.1 Å².